The fraction of sp³-hybridized carbons (Fsp3) is 0.381. The maximum atomic E-state index is 13.5. The molecule has 1 saturated carbocycles. The molecule has 2 aromatic rings. The monoisotopic (exact) mass is 375 g/mol. The van der Waals surface area contributed by atoms with Gasteiger partial charge in [-0.05, 0) is 66.1 Å². The average molecular weight is 375 g/mol. The number of alkyl halides is 3. The molecule has 1 amide bonds. The third kappa shape index (κ3) is 3.40. The number of amides is 1. The number of hydrogen-bond donors (Lipinski definition) is 1. The second-order valence-corrected chi connectivity index (χ2v) is 7.28. The molecule has 3 nitrogen and oxygen atoms in total. The summed E-state index contributed by atoms with van der Waals surface area (Å²) in [4.78, 5) is 11.5. The lowest BCUT2D eigenvalue weighted by Crippen LogP contribution is -2.17. The molecule has 27 heavy (non-hydrogen) atoms. The summed E-state index contributed by atoms with van der Waals surface area (Å²) in [5, 5.41) is 2.77. The highest BCUT2D eigenvalue weighted by Crippen LogP contribution is 2.43. The Labute approximate surface area is 155 Å². The predicted octanol–water partition coefficient (Wildman–Crippen LogP) is 5.35. The van der Waals surface area contributed by atoms with Gasteiger partial charge in [-0.15, -0.1) is 0 Å². The smallest absolute Gasteiger partial charge is 0.416 e. The van der Waals surface area contributed by atoms with E-state index in [1.807, 2.05) is 6.92 Å². The molecule has 4 rings (SSSR count). The second-order valence-electron chi connectivity index (χ2n) is 7.28. The first kappa shape index (κ1) is 17.9. The van der Waals surface area contributed by atoms with Crippen molar-refractivity contribution < 1.29 is 22.7 Å². The molecule has 0 saturated heterocycles. The number of carbonyl (C=O) groups excluding carboxylic acids is 1. The van der Waals surface area contributed by atoms with E-state index in [0.717, 1.165) is 36.1 Å². The maximum Gasteiger partial charge on any atom is 0.416 e. The molecule has 1 N–H and O–H groups in total. The Bertz CT molecular complexity index is 901. The van der Waals surface area contributed by atoms with Gasteiger partial charge in [-0.1, -0.05) is 18.6 Å². The number of anilines is 1. The summed E-state index contributed by atoms with van der Waals surface area (Å²) in [6, 6.07) is 8.04. The Balaban J connectivity index is 1.55. The molecule has 1 heterocycles. The molecule has 2 aliphatic rings. The van der Waals surface area contributed by atoms with Gasteiger partial charge in [0, 0.05) is 5.69 Å². The van der Waals surface area contributed by atoms with Gasteiger partial charge in [-0.3, -0.25) is 4.79 Å². The van der Waals surface area contributed by atoms with Crippen LogP contribution in [-0.2, 0) is 24.0 Å². The molecule has 0 aromatic heterocycles. The van der Waals surface area contributed by atoms with Gasteiger partial charge in [0.15, 0.2) is 0 Å². The molecule has 0 bridgehead atoms. The van der Waals surface area contributed by atoms with E-state index in [1.54, 1.807) is 24.3 Å². The normalized spacial score (nSPS) is 16.7. The van der Waals surface area contributed by atoms with E-state index in [-0.39, 0.29) is 18.4 Å². The third-order valence-electron chi connectivity index (χ3n) is 5.52. The molecule has 0 unspecified atom stereocenters. The molecule has 1 aliphatic heterocycles. The van der Waals surface area contributed by atoms with Crippen molar-refractivity contribution in [1.29, 1.82) is 0 Å². The van der Waals surface area contributed by atoms with Gasteiger partial charge in [0.05, 0.1) is 12.0 Å². The quantitative estimate of drug-likeness (QED) is 0.782. The summed E-state index contributed by atoms with van der Waals surface area (Å²) in [5.41, 5.74) is 2.83. The molecular weight excluding hydrogens is 355 g/mol. The minimum Gasteiger partial charge on any atom is -0.489 e. The Kier molecular flexibility index (Phi) is 4.36. The number of fused-ring (bicyclic) bond motifs is 1. The molecule has 0 atom stereocenters. The predicted molar refractivity (Wildman–Crippen MR) is 95.9 cm³/mol. The van der Waals surface area contributed by atoms with Gasteiger partial charge in [-0.25, -0.2) is 0 Å². The molecule has 6 heteroatoms. The van der Waals surface area contributed by atoms with E-state index in [1.165, 1.54) is 6.07 Å². The van der Waals surface area contributed by atoms with Crippen molar-refractivity contribution in [3.05, 3.63) is 58.1 Å². The van der Waals surface area contributed by atoms with Crippen molar-refractivity contribution in [2.24, 2.45) is 0 Å². The fourth-order valence-corrected chi connectivity index (χ4v) is 3.77. The first-order chi connectivity index (χ1) is 12.8. The van der Waals surface area contributed by atoms with Crippen molar-refractivity contribution >= 4 is 11.6 Å². The number of hydrogen-bond acceptors (Lipinski definition) is 2. The summed E-state index contributed by atoms with van der Waals surface area (Å²) in [5.74, 6) is 0.536. The number of halogens is 3. The fourth-order valence-electron chi connectivity index (χ4n) is 3.77. The van der Waals surface area contributed by atoms with Gasteiger partial charge in [-0.2, -0.15) is 13.2 Å². The van der Waals surface area contributed by atoms with Crippen LogP contribution < -0.4 is 10.1 Å². The third-order valence-corrected chi connectivity index (χ3v) is 5.52. The van der Waals surface area contributed by atoms with E-state index in [9.17, 15) is 18.0 Å². The SMILES string of the molecule is Cc1c(OCc2ccc(C3CCC3)c(C(F)(F)F)c2)ccc2c1CC(=O)N2. The number of ether oxygens (including phenoxy) is 1. The highest BCUT2D eigenvalue weighted by atomic mass is 19.4. The molecule has 142 valence electrons. The Morgan fingerprint density at radius 1 is 1.19 bits per heavy atom. The molecule has 0 spiro atoms. The Morgan fingerprint density at radius 3 is 2.63 bits per heavy atom. The number of rotatable bonds is 4. The zero-order valence-corrected chi connectivity index (χ0v) is 15.0. The highest BCUT2D eigenvalue weighted by molar-refractivity contribution is 5.99. The molecule has 2 aromatic carbocycles. The zero-order valence-electron chi connectivity index (χ0n) is 15.0. The van der Waals surface area contributed by atoms with Gasteiger partial charge in [0.25, 0.3) is 0 Å². The van der Waals surface area contributed by atoms with E-state index >= 15 is 0 Å². The highest BCUT2D eigenvalue weighted by Gasteiger charge is 2.36. The summed E-state index contributed by atoms with van der Waals surface area (Å²) in [6.07, 6.45) is -1.44. The standard InChI is InChI=1S/C21H20F3NO2/c1-12-16-10-20(26)25-18(16)7-8-19(12)27-11-13-5-6-15(14-3-2-4-14)17(9-13)21(22,23)24/h5-9,14H,2-4,10-11H2,1H3,(H,25,26). The second kappa shape index (κ2) is 6.59. The van der Waals surface area contributed by atoms with E-state index in [2.05, 4.69) is 5.32 Å². The first-order valence-corrected chi connectivity index (χ1v) is 9.08. The van der Waals surface area contributed by atoms with Crippen LogP contribution in [0.25, 0.3) is 0 Å². The van der Waals surface area contributed by atoms with Crippen LogP contribution in [0.15, 0.2) is 30.3 Å². The van der Waals surface area contributed by atoms with Crippen LogP contribution >= 0.6 is 0 Å². The molecule has 0 radical (unpaired) electrons. The molecule has 1 fully saturated rings. The van der Waals surface area contributed by atoms with E-state index in [0.29, 0.717) is 23.3 Å². The zero-order chi connectivity index (χ0) is 19.2. The lowest BCUT2D eigenvalue weighted by atomic mass is 9.78. The van der Waals surface area contributed by atoms with Crippen LogP contribution in [0, 0.1) is 6.92 Å². The van der Waals surface area contributed by atoms with Gasteiger partial charge >= 0.3 is 6.18 Å². The number of benzene rings is 2. The van der Waals surface area contributed by atoms with Crippen molar-refractivity contribution in [3.63, 3.8) is 0 Å². The van der Waals surface area contributed by atoms with Gasteiger partial charge in [0.1, 0.15) is 12.4 Å². The van der Waals surface area contributed by atoms with Crippen molar-refractivity contribution in [2.45, 2.75) is 51.3 Å². The largest absolute Gasteiger partial charge is 0.489 e. The minimum atomic E-state index is -4.36. The number of nitrogens with one attached hydrogen (secondary N) is 1. The van der Waals surface area contributed by atoms with Crippen molar-refractivity contribution in [1.82, 2.24) is 0 Å². The lowest BCUT2D eigenvalue weighted by molar-refractivity contribution is -0.138. The lowest BCUT2D eigenvalue weighted by Gasteiger charge is -2.29. The van der Waals surface area contributed by atoms with Crippen LogP contribution in [0.5, 0.6) is 5.75 Å². The van der Waals surface area contributed by atoms with Crippen LogP contribution in [-0.4, -0.2) is 5.91 Å². The Hall–Kier alpha value is -2.50. The van der Waals surface area contributed by atoms with Gasteiger partial charge in [0.2, 0.25) is 5.91 Å². The van der Waals surface area contributed by atoms with Crippen LogP contribution in [0.3, 0.4) is 0 Å². The Morgan fingerprint density at radius 2 is 1.96 bits per heavy atom. The summed E-state index contributed by atoms with van der Waals surface area (Å²) in [7, 11) is 0. The van der Waals surface area contributed by atoms with Crippen LogP contribution in [0.4, 0.5) is 18.9 Å². The van der Waals surface area contributed by atoms with Crippen LogP contribution in [0.2, 0.25) is 0 Å². The van der Waals surface area contributed by atoms with Crippen molar-refractivity contribution in [3.8, 4) is 5.75 Å². The van der Waals surface area contributed by atoms with E-state index < -0.39 is 11.7 Å². The first-order valence-electron chi connectivity index (χ1n) is 9.08. The van der Waals surface area contributed by atoms with Crippen LogP contribution in [0.1, 0.15) is 53.0 Å². The van der Waals surface area contributed by atoms with E-state index in [4.69, 9.17) is 4.74 Å². The summed E-state index contributed by atoms with van der Waals surface area (Å²) < 4.78 is 46.2. The molecular formula is C21H20F3NO2. The average Bonchev–Trinajstić information content (AvgIpc) is 2.94. The van der Waals surface area contributed by atoms with Gasteiger partial charge < -0.3 is 10.1 Å². The minimum absolute atomic E-state index is 0.0144. The summed E-state index contributed by atoms with van der Waals surface area (Å²) in [6.45, 7) is 1.91. The van der Waals surface area contributed by atoms with Crippen molar-refractivity contribution in [2.75, 3.05) is 5.32 Å². The molecule has 1 aliphatic carbocycles. The topological polar surface area (TPSA) is 38.3 Å². The summed E-state index contributed by atoms with van der Waals surface area (Å²) >= 11 is 0. The number of carbonyl (C=O) groups is 1. The maximum absolute atomic E-state index is 13.5.